The average molecular weight is 449 g/mol. The van der Waals surface area contributed by atoms with Crippen LogP contribution in [0.4, 0.5) is 21.9 Å². The Morgan fingerprint density at radius 2 is 1.55 bits per heavy atom. The lowest BCUT2D eigenvalue weighted by Gasteiger charge is -2.35. The SMILES string of the molecule is Cc1cccc(C)c1NC(=O)Nc1ccc(N2CCC(C)CC2)c(C(=O)N2CCCCC2)c1. The quantitative estimate of drug-likeness (QED) is 0.620. The fourth-order valence-electron chi connectivity index (χ4n) is 4.87. The van der Waals surface area contributed by atoms with E-state index in [0.29, 0.717) is 11.3 Å². The van der Waals surface area contributed by atoms with Gasteiger partial charge < -0.3 is 20.4 Å². The van der Waals surface area contributed by atoms with Crippen molar-refractivity contribution >= 4 is 29.0 Å². The van der Waals surface area contributed by atoms with Crippen molar-refractivity contribution in [1.82, 2.24) is 4.90 Å². The van der Waals surface area contributed by atoms with Crippen molar-refractivity contribution < 1.29 is 9.59 Å². The first kappa shape index (κ1) is 23.1. The van der Waals surface area contributed by atoms with Gasteiger partial charge in [-0.15, -0.1) is 0 Å². The molecule has 2 fully saturated rings. The van der Waals surface area contributed by atoms with Crippen molar-refractivity contribution in [2.75, 3.05) is 41.7 Å². The van der Waals surface area contributed by atoms with Gasteiger partial charge in [0, 0.05) is 43.2 Å². The Bertz CT molecular complexity index is 985. The standard InChI is InChI=1S/C27H36N4O2/c1-19-12-16-30(17-13-19)24-11-10-22(18-23(24)26(32)31-14-5-4-6-15-31)28-27(33)29-25-20(2)8-7-9-21(25)3/h7-11,18-19H,4-6,12-17H2,1-3H3,(H2,28,29,33). The summed E-state index contributed by atoms with van der Waals surface area (Å²) >= 11 is 0. The van der Waals surface area contributed by atoms with E-state index in [1.165, 1.54) is 6.42 Å². The number of carbonyl (C=O) groups is 2. The van der Waals surface area contributed by atoms with E-state index in [2.05, 4.69) is 22.5 Å². The fraction of sp³-hybridized carbons (Fsp3) is 0.481. The molecule has 2 saturated heterocycles. The van der Waals surface area contributed by atoms with Crippen LogP contribution in [0, 0.1) is 19.8 Å². The van der Waals surface area contributed by atoms with Gasteiger partial charge in [0.1, 0.15) is 0 Å². The van der Waals surface area contributed by atoms with E-state index < -0.39 is 0 Å². The number of likely N-dealkylation sites (tertiary alicyclic amines) is 1. The maximum Gasteiger partial charge on any atom is 0.323 e. The molecule has 4 rings (SSSR count). The monoisotopic (exact) mass is 448 g/mol. The van der Waals surface area contributed by atoms with E-state index >= 15 is 0 Å². The predicted octanol–water partition coefficient (Wildman–Crippen LogP) is 5.81. The summed E-state index contributed by atoms with van der Waals surface area (Å²) in [5.41, 5.74) is 5.16. The van der Waals surface area contributed by atoms with Crippen LogP contribution in [0.1, 0.15) is 60.5 Å². The Morgan fingerprint density at radius 1 is 0.879 bits per heavy atom. The van der Waals surface area contributed by atoms with Crippen LogP contribution in [0.25, 0.3) is 0 Å². The molecule has 33 heavy (non-hydrogen) atoms. The molecule has 2 aliphatic heterocycles. The number of nitrogens with one attached hydrogen (secondary N) is 2. The van der Waals surface area contributed by atoms with Gasteiger partial charge in [0.15, 0.2) is 0 Å². The highest BCUT2D eigenvalue weighted by Gasteiger charge is 2.25. The number of rotatable bonds is 4. The van der Waals surface area contributed by atoms with E-state index in [9.17, 15) is 9.59 Å². The number of piperidine rings is 2. The molecule has 2 aromatic rings. The molecule has 2 N–H and O–H groups in total. The summed E-state index contributed by atoms with van der Waals surface area (Å²) in [4.78, 5) is 30.6. The molecule has 2 aliphatic rings. The lowest BCUT2D eigenvalue weighted by atomic mass is 9.97. The zero-order chi connectivity index (χ0) is 23.4. The molecule has 0 aromatic heterocycles. The summed E-state index contributed by atoms with van der Waals surface area (Å²) in [7, 11) is 0. The summed E-state index contributed by atoms with van der Waals surface area (Å²) in [5, 5.41) is 5.91. The molecular weight excluding hydrogens is 412 g/mol. The number of benzene rings is 2. The van der Waals surface area contributed by atoms with Gasteiger partial charge in [0.05, 0.1) is 5.56 Å². The Hall–Kier alpha value is -3.02. The number of urea groups is 1. The summed E-state index contributed by atoms with van der Waals surface area (Å²) in [6, 6.07) is 11.4. The number of hydrogen-bond acceptors (Lipinski definition) is 3. The lowest BCUT2D eigenvalue weighted by Crippen LogP contribution is -2.38. The Labute approximate surface area is 197 Å². The van der Waals surface area contributed by atoms with Crippen molar-refractivity contribution in [2.24, 2.45) is 5.92 Å². The highest BCUT2D eigenvalue weighted by molar-refractivity contribution is 6.04. The summed E-state index contributed by atoms with van der Waals surface area (Å²) in [5.74, 6) is 0.791. The van der Waals surface area contributed by atoms with Gasteiger partial charge in [-0.2, -0.15) is 0 Å². The second-order valence-corrected chi connectivity index (χ2v) is 9.60. The molecule has 2 heterocycles. The molecule has 3 amide bonds. The first-order chi connectivity index (χ1) is 15.9. The van der Waals surface area contributed by atoms with Crippen LogP contribution >= 0.6 is 0 Å². The third kappa shape index (κ3) is 5.49. The highest BCUT2D eigenvalue weighted by atomic mass is 16.2. The van der Waals surface area contributed by atoms with Gasteiger partial charge in [-0.05, 0) is 81.2 Å². The van der Waals surface area contributed by atoms with Gasteiger partial charge in [-0.1, -0.05) is 25.1 Å². The minimum atomic E-state index is -0.302. The van der Waals surface area contributed by atoms with Crippen molar-refractivity contribution in [3.63, 3.8) is 0 Å². The zero-order valence-corrected chi connectivity index (χ0v) is 20.1. The second-order valence-electron chi connectivity index (χ2n) is 9.60. The first-order valence-electron chi connectivity index (χ1n) is 12.2. The third-order valence-electron chi connectivity index (χ3n) is 6.97. The van der Waals surface area contributed by atoms with Crippen LogP contribution in [0.3, 0.4) is 0 Å². The number of carbonyl (C=O) groups excluding carboxylic acids is 2. The molecule has 0 radical (unpaired) electrons. The maximum absolute atomic E-state index is 13.5. The minimum Gasteiger partial charge on any atom is -0.371 e. The Balaban J connectivity index is 1.57. The molecule has 0 unspecified atom stereocenters. The molecule has 2 aromatic carbocycles. The van der Waals surface area contributed by atoms with Crippen LogP contribution in [0.2, 0.25) is 0 Å². The van der Waals surface area contributed by atoms with E-state index in [1.807, 2.05) is 55.1 Å². The van der Waals surface area contributed by atoms with Gasteiger partial charge >= 0.3 is 6.03 Å². The molecule has 0 aliphatic carbocycles. The van der Waals surface area contributed by atoms with Crippen LogP contribution in [-0.2, 0) is 0 Å². The van der Waals surface area contributed by atoms with Crippen molar-refractivity contribution in [3.8, 4) is 0 Å². The van der Waals surface area contributed by atoms with E-state index in [-0.39, 0.29) is 11.9 Å². The van der Waals surface area contributed by atoms with Crippen molar-refractivity contribution in [3.05, 3.63) is 53.1 Å². The smallest absolute Gasteiger partial charge is 0.323 e. The highest BCUT2D eigenvalue weighted by Crippen LogP contribution is 2.30. The van der Waals surface area contributed by atoms with Gasteiger partial charge in [-0.25, -0.2) is 4.79 Å². The van der Waals surface area contributed by atoms with Gasteiger partial charge in [0.2, 0.25) is 0 Å². The number of amides is 3. The number of nitrogens with zero attached hydrogens (tertiary/aromatic N) is 2. The fourth-order valence-corrected chi connectivity index (χ4v) is 4.87. The second kappa shape index (κ2) is 10.3. The number of aryl methyl sites for hydroxylation is 2. The zero-order valence-electron chi connectivity index (χ0n) is 20.1. The predicted molar refractivity (Wildman–Crippen MR) is 135 cm³/mol. The van der Waals surface area contributed by atoms with E-state index in [1.54, 1.807) is 0 Å². The lowest BCUT2D eigenvalue weighted by molar-refractivity contribution is 0.0725. The molecule has 0 atom stereocenters. The van der Waals surface area contributed by atoms with Crippen LogP contribution in [0.5, 0.6) is 0 Å². The normalized spacial score (nSPS) is 17.1. The molecule has 0 spiro atoms. The maximum atomic E-state index is 13.5. The summed E-state index contributed by atoms with van der Waals surface area (Å²) < 4.78 is 0. The molecule has 0 bridgehead atoms. The average Bonchev–Trinajstić information content (AvgIpc) is 2.82. The van der Waals surface area contributed by atoms with Crippen LogP contribution < -0.4 is 15.5 Å². The molecular formula is C27H36N4O2. The van der Waals surface area contributed by atoms with Crippen molar-refractivity contribution in [1.29, 1.82) is 0 Å². The largest absolute Gasteiger partial charge is 0.371 e. The minimum absolute atomic E-state index is 0.0714. The van der Waals surface area contributed by atoms with E-state index in [0.717, 1.165) is 80.3 Å². The molecule has 6 nitrogen and oxygen atoms in total. The van der Waals surface area contributed by atoms with Crippen LogP contribution in [0.15, 0.2) is 36.4 Å². The number of anilines is 3. The summed E-state index contributed by atoms with van der Waals surface area (Å²) in [6.07, 6.45) is 5.56. The summed E-state index contributed by atoms with van der Waals surface area (Å²) in [6.45, 7) is 9.78. The van der Waals surface area contributed by atoms with Crippen LogP contribution in [-0.4, -0.2) is 43.0 Å². The van der Waals surface area contributed by atoms with E-state index in [4.69, 9.17) is 0 Å². The molecule has 6 heteroatoms. The Kier molecular flexibility index (Phi) is 7.21. The third-order valence-corrected chi connectivity index (χ3v) is 6.97. The number of hydrogen-bond donors (Lipinski definition) is 2. The van der Waals surface area contributed by atoms with Gasteiger partial charge in [0.25, 0.3) is 5.91 Å². The first-order valence-corrected chi connectivity index (χ1v) is 12.2. The number of para-hydroxylation sites is 1. The Morgan fingerprint density at radius 3 is 2.21 bits per heavy atom. The molecule has 176 valence electrons. The van der Waals surface area contributed by atoms with Crippen molar-refractivity contribution in [2.45, 2.75) is 52.9 Å². The topological polar surface area (TPSA) is 64.7 Å². The van der Waals surface area contributed by atoms with Gasteiger partial charge in [-0.3, -0.25) is 4.79 Å². The molecule has 0 saturated carbocycles.